The summed E-state index contributed by atoms with van der Waals surface area (Å²) in [5, 5.41) is 7.87. The van der Waals surface area contributed by atoms with Gasteiger partial charge in [-0.3, -0.25) is 4.79 Å². The molecule has 1 aliphatic rings. The molecule has 1 fully saturated rings. The van der Waals surface area contributed by atoms with Gasteiger partial charge in [0, 0.05) is 17.7 Å². The zero-order chi connectivity index (χ0) is 22.0. The number of amides is 1. The number of nitrogens with one attached hydrogen (secondary N) is 1. The first kappa shape index (κ1) is 21.0. The van der Waals surface area contributed by atoms with Crippen molar-refractivity contribution in [2.45, 2.75) is 52.1 Å². The highest BCUT2D eigenvalue weighted by Crippen LogP contribution is 2.35. The Kier molecular flexibility index (Phi) is 5.98. The minimum atomic E-state index is -0.153. The first-order valence-corrected chi connectivity index (χ1v) is 10.8. The highest BCUT2D eigenvalue weighted by molar-refractivity contribution is 5.96. The van der Waals surface area contributed by atoms with Gasteiger partial charge in [0.2, 0.25) is 0 Å². The number of hydrogen-bond donors (Lipinski definition) is 2. The number of nitrogen functional groups attached to an aromatic ring is 1. The van der Waals surface area contributed by atoms with E-state index in [2.05, 4.69) is 30.4 Å². The highest BCUT2D eigenvalue weighted by Gasteiger charge is 2.23. The molecule has 31 heavy (non-hydrogen) atoms. The third-order valence-corrected chi connectivity index (χ3v) is 6.27. The molecule has 6 heteroatoms. The van der Waals surface area contributed by atoms with Gasteiger partial charge >= 0.3 is 0 Å². The number of para-hydroxylation sites is 1. The molecule has 1 aliphatic carbocycles. The van der Waals surface area contributed by atoms with E-state index in [4.69, 9.17) is 15.6 Å². The Hall–Kier alpha value is -3.28. The topological polar surface area (TPSA) is 82.2 Å². The maximum atomic E-state index is 12.6. The molecule has 1 aromatic heterocycles. The lowest BCUT2D eigenvalue weighted by molar-refractivity contribution is 0.0948. The molecule has 6 nitrogen and oxygen atoms in total. The van der Waals surface area contributed by atoms with Gasteiger partial charge in [-0.1, -0.05) is 37.1 Å². The van der Waals surface area contributed by atoms with Crippen LogP contribution in [0.2, 0.25) is 0 Å². The number of aryl methyl sites for hydroxylation is 1. The Balaban J connectivity index is 1.51. The molecular weight excluding hydrogens is 388 g/mol. The summed E-state index contributed by atoms with van der Waals surface area (Å²) < 4.78 is 7.31. The fourth-order valence-electron chi connectivity index (χ4n) is 4.38. The second-order valence-electron chi connectivity index (χ2n) is 8.27. The van der Waals surface area contributed by atoms with Crippen molar-refractivity contribution in [2.75, 3.05) is 12.8 Å². The number of benzene rings is 2. The Morgan fingerprint density at radius 1 is 1.19 bits per heavy atom. The van der Waals surface area contributed by atoms with Crippen LogP contribution in [0.25, 0.3) is 11.3 Å². The molecule has 0 spiro atoms. The van der Waals surface area contributed by atoms with Crippen LogP contribution in [0.3, 0.4) is 0 Å². The Bertz CT molecular complexity index is 1100. The number of ether oxygens (including phenoxy) is 1. The molecular formula is C25H30N4O2. The number of carbonyl (C=O) groups is 1. The molecule has 2 aromatic carbocycles. The molecule has 4 rings (SSSR count). The summed E-state index contributed by atoms with van der Waals surface area (Å²) in [5.74, 6) is 1.19. The van der Waals surface area contributed by atoms with Crippen molar-refractivity contribution in [1.82, 2.24) is 15.1 Å². The van der Waals surface area contributed by atoms with E-state index < -0.39 is 0 Å². The fraction of sp³-hybridized carbons (Fsp3) is 0.360. The number of methoxy groups -OCH3 is 1. The predicted molar refractivity (Wildman–Crippen MR) is 123 cm³/mol. The van der Waals surface area contributed by atoms with Crippen molar-refractivity contribution >= 4 is 11.7 Å². The number of anilines is 1. The average molecular weight is 419 g/mol. The standard InChI is InChI=1S/C25H30N4O2/c1-16-14-18(23-17(2)24(26)29(28-23)20-8-4-5-9-20)12-13-19(16)15-27-25(30)21-10-6-7-11-22(21)31-3/h6-7,10-14,20H,4-5,8-9,15,26H2,1-3H3,(H,27,30). The van der Waals surface area contributed by atoms with Crippen molar-refractivity contribution < 1.29 is 9.53 Å². The van der Waals surface area contributed by atoms with Crippen LogP contribution in [0.4, 0.5) is 5.82 Å². The number of hydrogen-bond acceptors (Lipinski definition) is 4. The summed E-state index contributed by atoms with van der Waals surface area (Å²) >= 11 is 0. The van der Waals surface area contributed by atoms with E-state index in [-0.39, 0.29) is 5.91 Å². The van der Waals surface area contributed by atoms with Crippen molar-refractivity contribution in [2.24, 2.45) is 0 Å². The number of aromatic nitrogens is 2. The number of nitrogens with two attached hydrogens (primary N) is 1. The van der Waals surface area contributed by atoms with Crippen molar-refractivity contribution in [3.63, 3.8) is 0 Å². The molecule has 0 saturated heterocycles. The summed E-state index contributed by atoms with van der Waals surface area (Å²) in [5.41, 5.74) is 12.1. The Morgan fingerprint density at radius 3 is 2.65 bits per heavy atom. The molecule has 0 unspecified atom stereocenters. The summed E-state index contributed by atoms with van der Waals surface area (Å²) in [6.45, 7) is 4.54. The molecule has 3 aromatic rings. The van der Waals surface area contributed by atoms with Gasteiger partial charge in [-0.15, -0.1) is 0 Å². The third-order valence-electron chi connectivity index (χ3n) is 6.27. The zero-order valence-corrected chi connectivity index (χ0v) is 18.4. The maximum absolute atomic E-state index is 12.6. The molecule has 162 valence electrons. The third kappa shape index (κ3) is 4.15. The molecule has 0 radical (unpaired) electrons. The summed E-state index contributed by atoms with van der Waals surface area (Å²) in [7, 11) is 1.57. The van der Waals surface area contributed by atoms with E-state index in [0.29, 0.717) is 23.9 Å². The van der Waals surface area contributed by atoms with Gasteiger partial charge in [0.05, 0.1) is 24.4 Å². The van der Waals surface area contributed by atoms with Gasteiger partial charge in [0.25, 0.3) is 5.91 Å². The van der Waals surface area contributed by atoms with E-state index in [1.807, 2.05) is 23.7 Å². The Labute approximate surface area is 183 Å². The molecule has 0 atom stereocenters. The summed E-state index contributed by atoms with van der Waals surface area (Å²) in [6, 6.07) is 13.9. The van der Waals surface area contributed by atoms with E-state index in [9.17, 15) is 4.79 Å². The molecule has 1 heterocycles. The molecule has 0 bridgehead atoms. The fourth-order valence-corrected chi connectivity index (χ4v) is 4.38. The normalized spacial score (nSPS) is 14.0. The first-order valence-electron chi connectivity index (χ1n) is 10.8. The van der Waals surface area contributed by atoms with Crippen LogP contribution in [0, 0.1) is 13.8 Å². The van der Waals surface area contributed by atoms with Crippen LogP contribution in [-0.2, 0) is 6.54 Å². The summed E-state index contributed by atoms with van der Waals surface area (Å²) in [6.07, 6.45) is 4.78. The van der Waals surface area contributed by atoms with Gasteiger partial charge in [-0.25, -0.2) is 4.68 Å². The number of nitrogens with zero attached hydrogens (tertiary/aromatic N) is 2. The minimum absolute atomic E-state index is 0.153. The van der Waals surface area contributed by atoms with Gasteiger partial charge in [-0.05, 0) is 56.0 Å². The lowest BCUT2D eigenvalue weighted by atomic mass is 10.0. The van der Waals surface area contributed by atoms with Crippen LogP contribution in [-0.4, -0.2) is 22.8 Å². The molecule has 0 aliphatic heterocycles. The largest absolute Gasteiger partial charge is 0.496 e. The van der Waals surface area contributed by atoms with E-state index in [1.165, 1.54) is 12.8 Å². The van der Waals surface area contributed by atoms with Crippen LogP contribution in [0.1, 0.15) is 58.8 Å². The van der Waals surface area contributed by atoms with E-state index in [1.54, 1.807) is 19.2 Å². The van der Waals surface area contributed by atoms with Gasteiger partial charge < -0.3 is 15.8 Å². The lowest BCUT2D eigenvalue weighted by Crippen LogP contribution is -2.23. The van der Waals surface area contributed by atoms with Crippen LogP contribution >= 0.6 is 0 Å². The van der Waals surface area contributed by atoms with Crippen LogP contribution < -0.4 is 15.8 Å². The first-order chi connectivity index (χ1) is 15.0. The quantitative estimate of drug-likeness (QED) is 0.602. The molecule has 3 N–H and O–H groups in total. The molecule has 1 saturated carbocycles. The van der Waals surface area contributed by atoms with Gasteiger partial charge in [0.1, 0.15) is 11.6 Å². The monoisotopic (exact) mass is 418 g/mol. The maximum Gasteiger partial charge on any atom is 0.255 e. The lowest BCUT2D eigenvalue weighted by Gasteiger charge is -2.12. The van der Waals surface area contributed by atoms with Gasteiger partial charge in [-0.2, -0.15) is 5.10 Å². The van der Waals surface area contributed by atoms with Crippen LogP contribution in [0.5, 0.6) is 5.75 Å². The van der Waals surface area contributed by atoms with Crippen molar-refractivity contribution in [3.05, 3.63) is 64.7 Å². The SMILES string of the molecule is COc1ccccc1C(=O)NCc1ccc(-c2nn(C3CCCC3)c(N)c2C)cc1C. The average Bonchev–Trinajstić information content (AvgIpc) is 3.41. The zero-order valence-electron chi connectivity index (χ0n) is 18.4. The van der Waals surface area contributed by atoms with Gasteiger partial charge in [0.15, 0.2) is 0 Å². The van der Waals surface area contributed by atoms with E-state index in [0.717, 1.165) is 46.6 Å². The highest BCUT2D eigenvalue weighted by atomic mass is 16.5. The Morgan fingerprint density at radius 2 is 1.94 bits per heavy atom. The predicted octanol–water partition coefficient (Wildman–Crippen LogP) is 4.80. The minimum Gasteiger partial charge on any atom is -0.496 e. The van der Waals surface area contributed by atoms with Crippen LogP contribution in [0.15, 0.2) is 42.5 Å². The number of carbonyl (C=O) groups excluding carboxylic acids is 1. The second-order valence-corrected chi connectivity index (χ2v) is 8.27. The second kappa shape index (κ2) is 8.84. The number of rotatable bonds is 6. The van der Waals surface area contributed by atoms with Crippen molar-refractivity contribution in [1.29, 1.82) is 0 Å². The molecule has 1 amide bonds. The summed E-state index contributed by atoms with van der Waals surface area (Å²) in [4.78, 5) is 12.6. The smallest absolute Gasteiger partial charge is 0.255 e. The van der Waals surface area contributed by atoms with E-state index >= 15 is 0 Å². The van der Waals surface area contributed by atoms with Crippen molar-refractivity contribution in [3.8, 4) is 17.0 Å².